The fraction of sp³-hybridized carbons (Fsp3) is 0.0361. The van der Waals surface area contributed by atoms with Crippen molar-refractivity contribution >= 4 is 21.5 Å². The van der Waals surface area contributed by atoms with E-state index in [2.05, 4.69) is 305 Å². The highest BCUT2D eigenvalue weighted by molar-refractivity contribution is 6.20. The molecule has 0 saturated carbocycles. The summed E-state index contributed by atoms with van der Waals surface area (Å²) < 4.78 is 0. The van der Waals surface area contributed by atoms with E-state index in [9.17, 15) is 0 Å². The molecule has 3 aliphatic carbocycles. The molecule has 17 rings (SSSR count). The molecule has 0 nitrogen and oxygen atoms in total. The van der Waals surface area contributed by atoms with E-state index in [4.69, 9.17) is 0 Å². The normalized spacial score (nSPS) is 12.8. The van der Waals surface area contributed by atoms with Gasteiger partial charge >= 0.3 is 0 Å². The van der Waals surface area contributed by atoms with E-state index in [1.807, 2.05) is 0 Å². The minimum absolute atomic E-state index is 0.149. The van der Waals surface area contributed by atoms with Crippen molar-refractivity contribution in [3.05, 3.63) is 302 Å². The van der Waals surface area contributed by atoms with Crippen molar-refractivity contribution in [3.63, 3.8) is 0 Å². The van der Waals surface area contributed by atoms with Crippen molar-refractivity contribution in [1.82, 2.24) is 0 Å². The molecule has 0 fully saturated rings. The van der Waals surface area contributed by atoms with Gasteiger partial charge < -0.3 is 0 Å². The average Bonchev–Trinajstić information content (AvgIpc) is 2.66. The van der Waals surface area contributed by atoms with Gasteiger partial charge in [-0.05, 0) is 202 Å². The first kappa shape index (κ1) is 47.4. The first-order chi connectivity index (χ1) is 40.9. The first-order valence-corrected chi connectivity index (χ1v) is 29.1. The molecule has 0 aromatic heterocycles. The Morgan fingerprint density at radius 2 is 0.434 bits per heavy atom. The third-order valence-electron chi connectivity index (χ3n) is 18.7. The Morgan fingerprint density at radius 3 is 0.783 bits per heavy atom. The van der Waals surface area contributed by atoms with Crippen molar-refractivity contribution < 1.29 is 0 Å². The predicted molar refractivity (Wildman–Crippen MR) is 351 cm³/mol. The molecular formula is C83H54. The number of hydrogen-bond acceptors (Lipinski definition) is 0. The Hall–Kier alpha value is -10.4. The molecule has 14 aromatic carbocycles. The topological polar surface area (TPSA) is 0 Å². The van der Waals surface area contributed by atoms with E-state index in [1.165, 1.54) is 177 Å². The third-order valence-corrected chi connectivity index (χ3v) is 18.7. The average molecular weight is 1050 g/mol. The van der Waals surface area contributed by atoms with Gasteiger partial charge in [0.25, 0.3) is 0 Å². The summed E-state index contributed by atoms with van der Waals surface area (Å²) in [6.07, 6.45) is 0. The maximum Gasteiger partial charge on any atom is 0.0159 e. The summed E-state index contributed by atoms with van der Waals surface area (Å²) in [5.74, 6) is 0. The molecule has 0 unspecified atom stereocenters. The highest BCUT2D eigenvalue weighted by atomic mass is 14.4. The smallest absolute Gasteiger partial charge is 0.0159 e. The Kier molecular flexibility index (Phi) is 10.5. The molecule has 386 valence electrons. The van der Waals surface area contributed by atoms with Crippen LogP contribution in [-0.4, -0.2) is 0 Å². The highest BCUT2D eigenvalue weighted by Crippen LogP contribution is 2.54. The monoisotopic (exact) mass is 1050 g/mol. The Bertz CT molecular complexity index is 4960. The van der Waals surface area contributed by atoms with Crippen LogP contribution in [0.2, 0.25) is 0 Å². The summed E-state index contributed by atoms with van der Waals surface area (Å²) in [6, 6.07) is 109. The lowest BCUT2D eigenvalue weighted by atomic mass is 9.80. The van der Waals surface area contributed by atoms with Gasteiger partial charge in [-0.25, -0.2) is 0 Å². The summed E-state index contributed by atoms with van der Waals surface area (Å²) in [6.45, 7) is 4.78. The zero-order chi connectivity index (χ0) is 54.9. The van der Waals surface area contributed by atoms with Crippen molar-refractivity contribution in [2.45, 2.75) is 19.3 Å². The SMILES string of the molecule is CC1(C)c2cc(-c3ccc(-c4ccc(-c5ccc(-c6ccc7c(c6)-c6cccc8c(-c9ccccc9)ccc-7c68)cc5)cc4)cc3)ccc2-c2ccc(-c3ccc(-c4ccc5c(c4)-c4cccc6c(-c7ccccc7)ccc-5c46)cc3)cc21. The molecule has 0 radical (unpaired) electrons. The summed E-state index contributed by atoms with van der Waals surface area (Å²) in [5, 5.41) is 5.34. The van der Waals surface area contributed by atoms with Gasteiger partial charge in [-0.2, -0.15) is 0 Å². The third kappa shape index (κ3) is 7.46. The van der Waals surface area contributed by atoms with Gasteiger partial charge in [0.2, 0.25) is 0 Å². The molecule has 14 aromatic rings. The molecule has 0 amide bonds. The molecule has 0 saturated heterocycles. The van der Waals surface area contributed by atoms with Crippen LogP contribution in [0.3, 0.4) is 0 Å². The van der Waals surface area contributed by atoms with Gasteiger partial charge in [-0.1, -0.05) is 281 Å². The number of fused-ring (bicyclic) bond motifs is 9. The van der Waals surface area contributed by atoms with Crippen LogP contribution >= 0.6 is 0 Å². The van der Waals surface area contributed by atoms with E-state index in [0.717, 1.165) is 0 Å². The molecule has 0 atom stereocenters. The van der Waals surface area contributed by atoms with Gasteiger partial charge in [0.05, 0.1) is 0 Å². The van der Waals surface area contributed by atoms with Gasteiger partial charge in [-0.15, -0.1) is 0 Å². The van der Waals surface area contributed by atoms with Crippen LogP contribution in [0.4, 0.5) is 0 Å². The van der Waals surface area contributed by atoms with Crippen LogP contribution in [0.1, 0.15) is 25.0 Å². The Morgan fingerprint density at radius 1 is 0.169 bits per heavy atom. The van der Waals surface area contributed by atoms with Crippen LogP contribution in [0.5, 0.6) is 0 Å². The predicted octanol–water partition coefficient (Wildman–Crippen LogP) is 22.9. The number of hydrogen-bond donors (Lipinski definition) is 0. The lowest BCUT2D eigenvalue weighted by molar-refractivity contribution is 0.661. The number of benzene rings is 14. The van der Waals surface area contributed by atoms with E-state index in [-0.39, 0.29) is 5.41 Å². The van der Waals surface area contributed by atoms with Crippen molar-refractivity contribution in [3.8, 4) is 145 Å². The van der Waals surface area contributed by atoms with Crippen LogP contribution in [0, 0.1) is 0 Å². The lowest BCUT2D eigenvalue weighted by Crippen LogP contribution is -2.15. The lowest BCUT2D eigenvalue weighted by Gasteiger charge is -2.22. The Labute approximate surface area is 485 Å². The van der Waals surface area contributed by atoms with Crippen LogP contribution in [0.25, 0.3) is 166 Å². The van der Waals surface area contributed by atoms with E-state index in [0.29, 0.717) is 0 Å². The van der Waals surface area contributed by atoms with Gasteiger partial charge in [0, 0.05) is 5.41 Å². The van der Waals surface area contributed by atoms with E-state index >= 15 is 0 Å². The fourth-order valence-electron chi connectivity index (χ4n) is 14.3. The van der Waals surface area contributed by atoms with E-state index < -0.39 is 0 Å². The summed E-state index contributed by atoms with van der Waals surface area (Å²) in [4.78, 5) is 0. The van der Waals surface area contributed by atoms with Gasteiger partial charge in [0.1, 0.15) is 0 Å². The van der Waals surface area contributed by atoms with Crippen molar-refractivity contribution in [2.24, 2.45) is 0 Å². The maximum absolute atomic E-state index is 2.44. The summed E-state index contributed by atoms with van der Waals surface area (Å²) in [5.41, 5.74) is 35.6. The van der Waals surface area contributed by atoms with Crippen molar-refractivity contribution in [2.75, 3.05) is 0 Å². The minimum atomic E-state index is -0.149. The molecule has 0 bridgehead atoms. The Balaban J connectivity index is 0.579. The fourth-order valence-corrected chi connectivity index (χ4v) is 14.3. The number of rotatable bonds is 8. The molecule has 0 spiro atoms. The zero-order valence-electron chi connectivity index (χ0n) is 46.2. The molecule has 0 aliphatic heterocycles. The molecule has 0 heteroatoms. The second-order valence-corrected chi connectivity index (χ2v) is 23.5. The quantitative estimate of drug-likeness (QED) is 0.142. The summed E-state index contributed by atoms with van der Waals surface area (Å²) in [7, 11) is 0. The van der Waals surface area contributed by atoms with Crippen molar-refractivity contribution in [1.29, 1.82) is 0 Å². The van der Waals surface area contributed by atoms with Gasteiger partial charge in [-0.3, -0.25) is 0 Å². The zero-order valence-corrected chi connectivity index (χ0v) is 46.2. The molecular weight excluding hydrogens is 997 g/mol. The summed E-state index contributed by atoms with van der Waals surface area (Å²) >= 11 is 0. The first-order valence-electron chi connectivity index (χ1n) is 29.1. The van der Waals surface area contributed by atoms with Crippen LogP contribution in [0.15, 0.2) is 291 Å². The second kappa shape index (κ2) is 18.3. The van der Waals surface area contributed by atoms with Crippen LogP contribution in [-0.2, 0) is 5.41 Å². The molecule has 83 heavy (non-hydrogen) atoms. The second-order valence-electron chi connectivity index (χ2n) is 23.5. The molecule has 0 heterocycles. The largest absolute Gasteiger partial charge is 0.0622 e. The maximum atomic E-state index is 2.44. The van der Waals surface area contributed by atoms with E-state index in [1.54, 1.807) is 0 Å². The molecule has 3 aliphatic rings. The molecule has 0 N–H and O–H groups in total. The highest BCUT2D eigenvalue weighted by Gasteiger charge is 2.36. The van der Waals surface area contributed by atoms with Crippen LogP contribution < -0.4 is 0 Å². The van der Waals surface area contributed by atoms with Gasteiger partial charge in [0.15, 0.2) is 0 Å². The standard InChI is InChI=1S/C83H54/c1-83(2)79-49-63(37-41-69(79)70-42-38-64(50-80(70)83)58-33-31-56(32-34-58)62-36-40-68-76-46-44-66(60-13-7-4-8-14-60)72-16-10-18-74(82(72)76)78(68)48-62)57-29-25-54(26-30-57)52-21-19-51(20-22-52)53-23-27-55(28-24-53)61-35-39-67-75-45-43-65(59-11-5-3-6-12-59)71-15-9-17-73(81(71)75)77(67)47-61/h3-50H,1-2H3. The minimum Gasteiger partial charge on any atom is -0.0622 e.